The fourth-order valence-electron chi connectivity index (χ4n) is 4.55. The number of aliphatic hydroxyl groups is 2. The van der Waals surface area contributed by atoms with Gasteiger partial charge in [-0.05, 0) is 86.2 Å². The first kappa shape index (κ1) is 31.8. The number of carbonyl (C=O) groups excluding carboxylic acids is 2. The molecule has 6 N–H and O–H groups in total. The molecule has 220 valence electrons. The highest BCUT2D eigenvalue weighted by Gasteiger charge is 2.21. The Balaban J connectivity index is 1.48. The predicted octanol–water partition coefficient (Wildman–Crippen LogP) is 4.03. The third-order valence-corrected chi connectivity index (χ3v) is 7.00. The van der Waals surface area contributed by atoms with E-state index >= 15 is 0 Å². The zero-order valence-corrected chi connectivity index (χ0v) is 24.2. The van der Waals surface area contributed by atoms with Crippen LogP contribution in [0.2, 0.25) is 0 Å². The number of rotatable bonds is 15. The lowest BCUT2D eigenvalue weighted by atomic mass is 9.93. The Labute approximate surface area is 242 Å². The number of amides is 2. The van der Waals surface area contributed by atoms with Gasteiger partial charge in [-0.15, -0.1) is 0 Å². The molecule has 0 radical (unpaired) electrons. The van der Waals surface area contributed by atoms with Crippen molar-refractivity contribution in [1.29, 1.82) is 0 Å². The third kappa shape index (κ3) is 10.0. The van der Waals surface area contributed by atoms with Crippen LogP contribution in [-0.2, 0) is 19.4 Å². The van der Waals surface area contributed by atoms with E-state index in [0.717, 1.165) is 24.0 Å². The number of hydrogen-bond acceptors (Lipinski definition) is 6. The summed E-state index contributed by atoms with van der Waals surface area (Å²) in [5, 5.41) is 39.0. The highest BCUT2D eigenvalue weighted by atomic mass is 16.3. The fourth-order valence-corrected chi connectivity index (χ4v) is 4.55. The van der Waals surface area contributed by atoms with E-state index in [1.54, 1.807) is 18.2 Å². The number of nitrogens with one attached hydrogen (secondary N) is 3. The number of aromatic hydroxyl groups is 1. The van der Waals surface area contributed by atoms with Crippen LogP contribution in [0.5, 0.6) is 5.75 Å². The average Bonchev–Trinajstić information content (AvgIpc) is 2.96. The molecule has 0 bridgehead atoms. The average molecular weight is 562 g/mol. The van der Waals surface area contributed by atoms with Crippen molar-refractivity contribution in [2.75, 3.05) is 19.6 Å². The highest BCUT2D eigenvalue weighted by molar-refractivity contribution is 5.94. The van der Waals surface area contributed by atoms with Crippen LogP contribution in [0.1, 0.15) is 82.7 Å². The minimum atomic E-state index is -0.809. The van der Waals surface area contributed by atoms with Gasteiger partial charge >= 0.3 is 0 Å². The molecule has 0 aromatic heterocycles. The summed E-state index contributed by atoms with van der Waals surface area (Å²) in [5.41, 5.74) is 3.86. The molecule has 41 heavy (non-hydrogen) atoms. The number of hydrogen-bond donors (Lipinski definition) is 6. The zero-order valence-electron chi connectivity index (χ0n) is 24.2. The number of carbonyl (C=O) groups is 2. The van der Waals surface area contributed by atoms with Gasteiger partial charge in [0.1, 0.15) is 5.75 Å². The molecule has 0 unspecified atom stereocenters. The normalized spacial score (nSPS) is 12.1. The Hall–Kier alpha value is -3.72. The lowest BCUT2D eigenvalue weighted by Gasteiger charge is -2.28. The Morgan fingerprint density at radius 2 is 1.59 bits per heavy atom. The smallest absolute Gasteiger partial charge is 0.251 e. The van der Waals surface area contributed by atoms with Gasteiger partial charge in [0, 0.05) is 41.9 Å². The van der Waals surface area contributed by atoms with Crippen LogP contribution >= 0.6 is 0 Å². The molecular weight excluding hydrogens is 518 g/mol. The van der Waals surface area contributed by atoms with Crippen LogP contribution in [0, 0.1) is 0 Å². The number of β-amino-alcohol motifs (C(OH)–C–C–N with tert-alkyl or cyclic N) is 1. The summed E-state index contributed by atoms with van der Waals surface area (Å²) in [6, 6.07) is 19.7. The van der Waals surface area contributed by atoms with Crippen molar-refractivity contribution in [3.05, 3.63) is 100 Å². The van der Waals surface area contributed by atoms with Crippen LogP contribution in [0.25, 0.3) is 0 Å². The maximum absolute atomic E-state index is 12.8. The molecule has 0 fully saturated rings. The van der Waals surface area contributed by atoms with Crippen LogP contribution in [0.3, 0.4) is 0 Å². The van der Waals surface area contributed by atoms with Crippen LogP contribution in [0.15, 0.2) is 66.7 Å². The van der Waals surface area contributed by atoms with Gasteiger partial charge in [-0.2, -0.15) is 0 Å². The van der Waals surface area contributed by atoms with Crippen molar-refractivity contribution in [2.24, 2.45) is 0 Å². The summed E-state index contributed by atoms with van der Waals surface area (Å²) in [6.45, 7) is 7.28. The molecule has 0 aliphatic carbocycles. The number of phenols is 1. The van der Waals surface area contributed by atoms with E-state index in [0.29, 0.717) is 48.2 Å². The van der Waals surface area contributed by atoms with Gasteiger partial charge < -0.3 is 31.3 Å². The molecule has 0 spiro atoms. The molecule has 2 amide bonds. The van der Waals surface area contributed by atoms with E-state index < -0.39 is 6.10 Å². The van der Waals surface area contributed by atoms with Gasteiger partial charge in [-0.25, -0.2) is 0 Å². The third-order valence-electron chi connectivity index (χ3n) is 7.00. The highest BCUT2D eigenvalue weighted by Crippen LogP contribution is 2.23. The minimum absolute atomic E-state index is 0.00160. The molecule has 8 nitrogen and oxygen atoms in total. The zero-order chi connectivity index (χ0) is 29.8. The first-order valence-corrected chi connectivity index (χ1v) is 14.2. The maximum atomic E-state index is 12.8. The fraction of sp³-hybridized carbons (Fsp3) is 0.394. The van der Waals surface area contributed by atoms with E-state index in [9.17, 15) is 24.9 Å². The van der Waals surface area contributed by atoms with E-state index in [2.05, 4.69) is 22.9 Å². The summed E-state index contributed by atoms with van der Waals surface area (Å²) >= 11 is 0. The van der Waals surface area contributed by atoms with Gasteiger partial charge in [0.05, 0.1) is 12.7 Å². The van der Waals surface area contributed by atoms with Gasteiger partial charge in [0.15, 0.2) is 0 Å². The van der Waals surface area contributed by atoms with Crippen molar-refractivity contribution >= 4 is 11.8 Å². The second-order valence-corrected chi connectivity index (χ2v) is 11.0. The van der Waals surface area contributed by atoms with E-state index in [1.807, 2.05) is 56.3 Å². The molecule has 3 aromatic rings. The Kier molecular flexibility index (Phi) is 11.9. The lowest BCUT2D eigenvalue weighted by Crippen LogP contribution is -2.43. The van der Waals surface area contributed by atoms with E-state index in [4.69, 9.17) is 0 Å². The largest absolute Gasteiger partial charge is 0.508 e. The minimum Gasteiger partial charge on any atom is -0.508 e. The molecular formula is C33H43N3O5. The van der Waals surface area contributed by atoms with Gasteiger partial charge in [-0.1, -0.05) is 43.7 Å². The molecule has 8 heteroatoms. The number of aliphatic hydroxyl groups excluding tert-OH is 2. The summed E-state index contributed by atoms with van der Waals surface area (Å²) in [4.78, 5) is 25.0. The summed E-state index contributed by atoms with van der Waals surface area (Å²) in [7, 11) is 0. The van der Waals surface area contributed by atoms with Crippen molar-refractivity contribution in [2.45, 2.75) is 64.7 Å². The molecule has 1 atom stereocenters. The monoisotopic (exact) mass is 561 g/mol. The quantitative estimate of drug-likeness (QED) is 0.155. The SMILES string of the molecule is CCCCNC(=O)c1ccc(CCNC(=O)c2cccc(CC(C)(C)NC[C@@H](O)c3ccc(O)c(CO)c3)c2)cc1. The number of unbranched alkanes of at least 4 members (excludes halogenated alkanes) is 1. The first-order chi connectivity index (χ1) is 19.6. The standard InChI is InChI=1S/C33H43N3O5/c1-4-5-16-34-31(40)25-11-9-23(10-12-25)15-17-35-32(41)27-8-6-7-24(18-27)20-33(2,3)36-21-30(39)26-13-14-29(38)28(19-26)22-37/h6-14,18-19,30,36-39H,4-5,15-17,20-22H2,1-3H3,(H,34,40)(H,35,41)/t30-/m1/s1. The molecule has 3 aromatic carbocycles. The molecule has 3 rings (SSSR count). The van der Waals surface area contributed by atoms with Crippen LogP contribution in [0.4, 0.5) is 0 Å². The Morgan fingerprint density at radius 3 is 2.29 bits per heavy atom. The first-order valence-electron chi connectivity index (χ1n) is 14.2. The van der Waals surface area contributed by atoms with Crippen LogP contribution < -0.4 is 16.0 Å². The summed E-state index contributed by atoms with van der Waals surface area (Å²) in [5.74, 6) is -0.216. The maximum Gasteiger partial charge on any atom is 0.251 e. The van der Waals surface area contributed by atoms with Gasteiger partial charge in [0.2, 0.25) is 0 Å². The second-order valence-electron chi connectivity index (χ2n) is 11.0. The number of benzene rings is 3. The van der Waals surface area contributed by atoms with Crippen molar-refractivity contribution < 1.29 is 24.9 Å². The predicted molar refractivity (Wildman–Crippen MR) is 161 cm³/mol. The molecule has 0 saturated carbocycles. The second kappa shape index (κ2) is 15.3. The topological polar surface area (TPSA) is 131 Å². The van der Waals surface area contributed by atoms with E-state index in [-0.39, 0.29) is 36.3 Å². The lowest BCUT2D eigenvalue weighted by molar-refractivity contribution is 0.0946. The summed E-state index contributed by atoms with van der Waals surface area (Å²) < 4.78 is 0. The van der Waals surface area contributed by atoms with Gasteiger partial charge in [0.25, 0.3) is 11.8 Å². The molecule has 0 aliphatic rings. The van der Waals surface area contributed by atoms with E-state index in [1.165, 1.54) is 6.07 Å². The Bertz CT molecular complexity index is 1290. The Morgan fingerprint density at radius 1 is 0.878 bits per heavy atom. The van der Waals surface area contributed by atoms with Crippen molar-refractivity contribution in [3.8, 4) is 5.75 Å². The molecule has 0 aliphatic heterocycles. The van der Waals surface area contributed by atoms with Crippen LogP contribution in [-0.4, -0.2) is 52.3 Å². The van der Waals surface area contributed by atoms with Gasteiger partial charge in [-0.3, -0.25) is 9.59 Å². The van der Waals surface area contributed by atoms with Crippen molar-refractivity contribution in [1.82, 2.24) is 16.0 Å². The van der Waals surface area contributed by atoms with Crippen molar-refractivity contribution in [3.63, 3.8) is 0 Å². The summed E-state index contributed by atoms with van der Waals surface area (Å²) in [6.07, 6.45) is 2.48. The molecule has 0 heterocycles. The molecule has 0 saturated heterocycles.